The zero-order valence-corrected chi connectivity index (χ0v) is 14.8. The van der Waals surface area contributed by atoms with Gasteiger partial charge in [-0.3, -0.25) is 14.9 Å². The molecule has 1 aromatic heterocycles. The number of aromatic nitrogens is 1. The van der Waals surface area contributed by atoms with Gasteiger partial charge in [-0.05, 0) is 30.4 Å². The van der Waals surface area contributed by atoms with Gasteiger partial charge in [0, 0.05) is 12.3 Å². The molecule has 0 bridgehead atoms. The van der Waals surface area contributed by atoms with E-state index in [0.29, 0.717) is 16.4 Å². The third-order valence-corrected chi connectivity index (χ3v) is 4.19. The van der Waals surface area contributed by atoms with Gasteiger partial charge in [0.2, 0.25) is 0 Å². The summed E-state index contributed by atoms with van der Waals surface area (Å²) >= 11 is 1.16. The maximum Gasteiger partial charge on any atom is 0.276 e. The standard InChI is InChI=1S/C18H14N4O4S/c23-17(12-27-18-20-14-8-2-4-10-16(14)26-18)21-19-11-5-7-13-6-1-3-9-15(13)22(24)25/h1-11H,12H2,(H,21,23). The third-order valence-electron chi connectivity index (χ3n) is 3.36. The van der Waals surface area contributed by atoms with Crippen molar-refractivity contribution in [3.8, 4) is 0 Å². The molecular formula is C18H14N4O4S. The predicted molar refractivity (Wildman–Crippen MR) is 103 cm³/mol. The van der Waals surface area contributed by atoms with E-state index < -0.39 is 4.92 Å². The maximum atomic E-state index is 11.8. The second-order valence-electron chi connectivity index (χ2n) is 5.22. The molecule has 0 saturated heterocycles. The van der Waals surface area contributed by atoms with Crippen molar-refractivity contribution in [2.75, 3.05) is 5.75 Å². The summed E-state index contributed by atoms with van der Waals surface area (Å²) in [5.41, 5.74) is 4.22. The molecule has 0 aliphatic heterocycles. The number of hydrazone groups is 1. The summed E-state index contributed by atoms with van der Waals surface area (Å²) in [5, 5.41) is 15.1. The minimum absolute atomic E-state index is 0.000852. The molecule has 2 aromatic carbocycles. The van der Waals surface area contributed by atoms with E-state index in [-0.39, 0.29) is 17.3 Å². The van der Waals surface area contributed by atoms with E-state index in [4.69, 9.17) is 4.42 Å². The van der Waals surface area contributed by atoms with Crippen LogP contribution in [0.1, 0.15) is 5.56 Å². The summed E-state index contributed by atoms with van der Waals surface area (Å²) < 4.78 is 5.51. The van der Waals surface area contributed by atoms with Gasteiger partial charge in [-0.15, -0.1) is 0 Å². The molecule has 8 nitrogen and oxygen atoms in total. The largest absolute Gasteiger partial charge is 0.431 e. The predicted octanol–water partition coefficient (Wildman–Crippen LogP) is 3.64. The second-order valence-corrected chi connectivity index (χ2v) is 6.15. The Kier molecular flexibility index (Phi) is 5.95. The highest BCUT2D eigenvalue weighted by Crippen LogP contribution is 2.22. The fourth-order valence-electron chi connectivity index (χ4n) is 2.17. The first-order chi connectivity index (χ1) is 13.1. The number of nitrogens with one attached hydrogen (secondary N) is 1. The van der Waals surface area contributed by atoms with E-state index in [1.807, 2.05) is 18.2 Å². The number of nitro groups is 1. The first kappa shape index (κ1) is 18.3. The minimum Gasteiger partial charge on any atom is -0.431 e. The van der Waals surface area contributed by atoms with E-state index >= 15 is 0 Å². The zero-order chi connectivity index (χ0) is 19.1. The molecule has 0 unspecified atom stereocenters. The van der Waals surface area contributed by atoms with E-state index in [2.05, 4.69) is 15.5 Å². The normalized spacial score (nSPS) is 11.4. The Labute approximate surface area is 158 Å². The second kappa shape index (κ2) is 8.77. The smallest absolute Gasteiger partial charge is 0.276 e. The molecular weight excluding hydrogens is 368 g/mol. The first-order valence-electron chi connectivity index (χ1n) is 7.84. The molecule has 0 atom stereocenters. The lowest BCUT2D eigenvalue weighted by atomic mass is 10.2. The molecule has 1 amide bonds. The van der Waals surface area contributed by atoms with Crippen molar-refractivity contribution >= 4 is 46.7 Å². The SMILES string of the molecule is O=C(CSc1nc2ccccc2o1)NN=CC=Cc1ccccc1[N+](=O)[O-]. The summed E-state index contributed by atoms with van der Waals surface area (Å²) in [6.45, 7) is 0. The van der Waals surface area contributed by atoms with Crippen molar-refractivity contribution in [2.24, 2.45) is 5.10 Å². The van der Waals surface area contributed by atoms with Crippen LogP contribution in [0.4, 0.5) is 5.69 Å². The van der Waals surface area contributed by atoms with E-state index in [1.54, 1.807) is 30.3 Å². The molecule has 0 aliphatic rings. The van der Waals surface area contributed by atoms with E-state index in [9.17, 15) is 14.9 Å². The molecule has 27 heavy (non-hydrogen) atoms. The number of rotatable bonds is 7. The average molecular weight is 382 g/mol. The van der Waals surface area contributed by atoms with Crippen LogP contribution in [0.2, 0.25) is 0 Å². The van der Waals surface area contributed by atoms with Crippen LogP contribution in [-0.4, -0.2) is 27.8 Å². The van der Waals surface area contributed by atoms with Crippen LogP contribution in [0.3, 0.4) is 0 Å². The Morgan fingerprint density at radius 1 is 1.26 bits per heavy atom. The molecule has 136 valence electrons. The van der Waals surface area contributed by atoms with Gasteiger partial charge in [-0.2, -0.15) is 5.10 Å². The van der Waals surface area contributed by atoms with Crippen LogP contribution in [0.5, 0.6) is 0 Å². The quantitative estimate of drug-likeness (QED) is 0.289. The summed E-state index contributed by atoms with van der Waals surface area (Å²) in [6, 6.07) is 13.7. The summed E-state index contributed by atoms with van der Waals surface area (Å²) in [4.78, 5) is 26.5. The maximum absolute atomic E-state index is 11.8. The van der Waals surface area contributed by atoms with Crippen LogP contribution in [-0.2, 0) is 4.79 Å². The summed E-state index contributed by atoms with van der Waals surface area (Å²) in [6.07, 6.45) is 4.40. The molecule has 0 aliphatic carbocycles. The summed E-state index contributed by atoms with van der Waals surface area (Å²) in [7, 11) is 0. The first-order valence-corrected chi connectivity index (χ1v) is 8.82. The lowest BCUT2D eigenvalue weighted by Crippen LogP contribution is -2.19. The highest BCUT2D eigenvalue weighted by molar-refractivity contribution is 7.99. The van der Waals surface area contributed by atoms with Gasteiger partial charge in [0.15, 0.2) is 5.58 Å². The molecule has 3 rings (SSSR count). The topological polar surface area (TPSA) is 111 Å². The van der Waals surface area contributed by atoms with Crippen molar-refractivity contribution in [1.29, 1.82) is 0 Å². The van der Waals surface area contributed by atoms with Gasteiger partial charge < -0.3 is 4.42 Å². The summed E-state index contributed by atoms with van der Waals surface area (Å²) in [5.74, 6) is -0.226. The molecule has 0 radical (unpaired) electrons. The highest BCUT2D eigenvalue weighted by Gasteiger charge is 2.09. The van der Waals surface area contributed by atoms with Crippen molar-refractivity contribution in [2.45, 2.75) is 5.22 Å². The number of amides is 1. The van der Waals surface area contributed by atoms with Crippen molar-refractivity contribution in [3.05, 3.63) is 70.3 Å². The van der Waals surface area contributed by atoms with Gasteiger partial charge in [-0.1, -0.05) is 36.0 Å². The van der Waals surface area contributed by atoms with Crippen LogP contribution in [0.15, 0.2) is 69.3 Å². The van der Waals surface area contributed by atoms with Crippen molar-refractivity contribution < 1.29 is 14.1 Å². The monoisotopic (exact) mass is 382 g/mol. The third kappa shape index (κ3) is 5.02. The van der Waals surface area contributed by atoms with Crippen molar-refractivity contribution in [1.82, 2.24) is 10.4 Å². The zero-order valence-electron chi connectivity index (χ0n) is 13.9. The lowest BCUT2D eigenvalue weighted by Gasteiger charge is -1.96. The number of fused-ring (bicyclic) bond motifs is 1. The molecule has 9 heteroatoms. The number of allylic oxidation sites excluding steroid dienone is 1. The number of hydrogen-bond acceptors (Lipinski definition) is 7. The fraction of sp³-hybridized carbons (Fsp3) is 0.0556. The van der Waals surface area contributed by atoms with Crippen LogP contribution in [0, 0.1) is 10.1 Å². The van der Waals surface area contributed by atoms with Crippen LogP contribution >= 0.6 is 11.8 Å². The number of carbonyl (C=O) groups is 1. The van der Waals surface area contributed by atoms with Gasteiger partial charge in [0.25, 0.3) is 16.8 Å². The van der Waals surface area contributed by atoms with Crippen LogP contribution < -0.4 is 5.43 Å². The van der Waals surface area contributed by atoms with E-state index in [0.717, 1.165) is 17.3 Å². The Morgan fingerprint density at radius 2 is 2.04 bits per heavy atom. The minimum atomic E-state index is -0.456. The number of oxazole rings is 1. The average Bonchev–Trinajstić information content (AvgIpc) is 3.09. The Bertz CT molecular complexity index is 996. The molecule has 1 heterocycles. The van der Waals surface area contributed by atoms with E-state index in [1.165, 1.54) is 18.4 Å². The Morgan fingerprint density at radius 3 is 2.85 bits per heavy atom. The number of nitro benzene ring substituents is 1. The lowest BCUT2D eigenvalue weighted by molar-refractivity contribution is -0.385. The molecule has 0 fully saturated rings. The van der Waals surface area contributed by atoms with Gasteiger partial charge in [-0.25, -0.2) is 10.4 Å². The number of benzene rings is 2. The molecule has 1 N–H and O–H groups in total. The number of para-hydroxylation sites is 3. The van der Waals surface area contributed by atoms with Gasteiger partial charge in [0.1, 0.15) is 5.52 Å². The highest BCUT2D eigenvalue weighted by atomic mass is 32.2. The number of carbonyl (C=O) groups excluding carboxylic acids is 1. The molecule has 0 saturated carbocycles. The molecule has 3 aromatic rings. The number of hydrogen-bond donors (Lipinski definition) is 1. The Hall–Kier alpha value is -3.46. The number of thioether (sulfide) groups is 1. The van der Waals surface area contributed by atoms with Gasteiger partial charge >= 0.3 is 0 Å². The van der Waals surface area contributed by atoms with Gasteiger partial charge in [0.05, 0.1) is 16.2 Å². The number of nitrogens with zero attached hydrogens (tertiary/aromatic N) is 3. The Balaban J connectivity index is 1.48. The molecule has 0 spiro atoms. The fourth-order valence-corrected chi connectivity index (χ4v) is 2.80. The van der Waals surface area contributed by atoms with Crippen molar-refractivity contribution in [3.63, 3.8) is 0 Å². The van der Waals surface area contributed by atoms with Crippen LogP contribution in [0.25, 0.3) is 17.2 Å².